The van der Waals surface area contributed by atoms with Crippen LogP contribution in [-0.2, 0) is 35.0 Å². The predicted octanol–water partition coefficient (Wildman–Crippen LogP) is 6.46. The third kappa shape index (κ3) is 9.25. The van der Waals surface area contributed by atoms with E-state index in [1.54, 1.807) is 33.2 Å². The van der Waals surface area contributed by atoms with Crippen LogP contribution >= 0.6 is 11.6 Å². The van der Waals surface area contributed by atoms with E-state index in [9.17, 15) is 24.3 Å². The number of fused-ring (bicyclic) bond motifs is 5. The van der Waals surface area contributed by atoms with Gasteiger partial charge < -0.3 is 33.9 Å². The normalized spacial score (nSPS) is 31.3. The molecule has 0 aromatic heterocycles. The highest BCUT2D eigenvalue weighted by Gasteiger charge is 2.62. The number of anilines is 1. The zero-order chi connectivity index (χ0) is 40.5. The number of aliphatic hydroxyl groups is 1. The van der Waals surface area contributed by atoms with Gasteiger partial charge in [-0.25, -0.2) is 9.59 Å². The molecule has 54 heavy (non-hydrogen) atoms. The highest BCUT2D eigenvalue weighted by molar-refractivity contribution is 6.35. The third-order valence-corrected chi connectivity index (χ3v) is 12.0. The zero-order valence-corrected chi connectivity index (χ0v) is 34.7. The summed E-state index contributed by atoms with van der Waals surface area (Å²) in [6.45, 7) is 15.3. The monoisotopic (exact) mass is 773 g/mol. The van der Waals surface area contributed by atoms with E-state index in [-0.39, 0.29) is 47.4 Å². The van der Waals surface area contributed by atoms with Gasteiger partial charge in [0.2, 0.25) is 11.8 Å². The average molecular weight is 774 g/mol. The molecule has 2 aliphatic heterocycles. The number of hydrogen-bond acceptors (Lipinski definition) is 9. The summed E-state index contributed by atoms with van der Waals surface area (Å²) >= 11 is 6.80. The summed E-state index contributed by atoms with van der Waals surface area (Å²) in [5, 5.41) is 14.6. The molecule has 0 spiro atoms. The van der Waals surface area contributed by atoms with Crippen LogP contribution in [0.3, 0.4) is 0 Å². The van der Waals surface area contributed by atoms with Gasteiger partial charge in [-0.3, -0.25) is 14.9 Å². The van der Waals surface area contributed by atoms with Crippen molar-refractivity contribution in [1.82, 2.24) is 10.2 Å². The molecule has 3 amide bonds. The van der Waals surface area contributed by atoms with E-state index in [1.807, 2.05) is 66.7 Å². The molecule has 0 unspecified atom stereocenters. The molecule has 3 aliphatic rings. The van der Waals surface area contributed by atoms with Gasteiger partial charge in [-0.1, -0.05) is 76.9 Å². The molecule has 300 valence electrons. The van der Waals surface area contributed by atoms with E-state index in [2.05, 4.69) is 5.32 Å². The molecule has 2 N–H and O–H groups in total. The minimum Gasteiger partial charge on any atom is -0.495 e. The molecule has 1 saturated carbocycles. The van der Waals surface area contributed by atoms with Crippen LogP contribution in [0.25, 0.3) is 0 Å². The summed E-state index contributed by atoms with van der Waals surface area (Å²) in [7, 11) is 6.19. The number of rotatable bonds is 8. The number of carbonyl (C=O) groups is 4. The minimum absolute atomic E-state index is 0.0321. The molecule has 4 bridgehead atoms. The Kier molecular flexibility index (Phi) is 13.3. The lowest BCUT2D eigenvalue weighted by Gasteiger charge is -2.42. The highest BCUT2D eigenvalue weighted by Crippen LogP contribution is 2.61. The summed E-state index contributed by atoms with van der Waals surface area (Å²) in [5.74, 6) is -0.955. The number of allylic oxidation sites excluding steroid dienone is 3. The second-order valence-electron chi connectivity index (χ2n) is 16.9. The van der Waals surface area contributed by atoms with Crippen LogP contribution in [0.2, 0.25) is 5.02 Å². The second kappa shape index (κ2) is 16.6. The smallest absolute Gasteiger partial charge is 0.409 e. The van der Waals surface area contributed by atoms with Crippen molar-refractivity contribution in [2.45, 2.75) is 118 Å². The fourth-order valence-electron chi connectivity index (χ4n) is 8.32. The van der Waals surface area contributed by atoms with E-state index in [0.29, 0.717) is 30.7 Å². The molecule has 8 atom stereocenters. The summed E-state index contributed by atoms with van der Waals surface area (Å²) < 4.78 is 23.3. The molecule has 1 aliphatic carbocycles. The van der Waals surface area contributed by atoms with E-state index in [4.69, 9.17) is 30.5 Å². The molecule has 13 heteroatoms. The molecular weight excluding hydrogens is 714 g/mol. The lowest BCUT2D eigenvalue weighted by Crippen LogP contribution is -2.63. The third-order valence-electron chi connectivity index (χ3n) is 11.7. The van der Waals surface area contributed by atoms with E-state index in [0.717, 1.165) is 11.1 Å². The van der Waals surface area contributed by atoms with Crippen molar-refractivity contribution >= 4 is 41.2 Å². The topological polar surface area (TPSA) is 144 Å². The number of nitrogens with one attached hydrogen (secondary N) is 1. The van der Waals surface area contributed by atoms with Crippen LogP contribution in [0.5, 0.6) is 5.75 Å². The fourth-order valence-corrected chi connectivity index (χ4v) is 8.63. The highest BCUT2D eigenvalue weighted by atomic mass is 35.5. The van der Waals surface area contributed by atoms with E-state index < -0.39 is 53.0 Å². The van der Waals surface area contributed by atoms with Crippen LogP contribution in [0, 0.1) is 28.6 Å². The Bertz CT molecular complexity index is 1660. The standard InChI is InChI=1S/C41H60ClN3O9/c1-23(2)20-39(6,7)37(48)44(9)26(5)36(47)54-33-19-34(46)45(10)29-17-27(18-30(51-11)35(29)42)16-24(3)14-13-15-32(52-12)41(50)22-31(53-38(49)43-41)25(4)28-21-40(28,33)8/h13-15,17-18,23,25-26,28,31-33,50H,16,19-22H2,1-12H3,(H,43,49)/b15-13+,24-14+/t25-,26-,28-,31-,32+,33-,40-,41-/m0/s1. The zero-order valence-electron chi connectivity index (χ0n) is 33.9. The van der Waals surface area contributed by atoms with Gasteiger partial charge in [-0.05, 0) is 68.6 Å². The number of likely N-dealkylation sites (N-methyl/N-ethyl adjacent to an activating group) is 1. The number of halogens is 1. The molecule has 1 aromatic rings. The van der Waals surface area contributed by atoms with Crippen molar-refractivity contribution in [3.8, 4) is 5.75 Å². The van der Waals surface area contributed by atoms with Crippen molar-refractivity contribution in [2.75, 3.05) is 33.2 Å². The van der Waals surface area contributed by atoms with Crippen LogP contribution in [0.15, 0.2) is 35.9 Å². The van der Waals surface area contributed by atoms with Gasteiger partial charge >= 0.3 is 12.1 Å². The number of nitrogens with zero attached hydrogens (tertiary/aromatic N) is 2. The maximum atomic E-state index is 14.3. The summed E-state index contributed by atoms with van der Waals surface area (Å²) in [6, 6.07) is 2.72. The Labute approximate surface area is 325 Å². The molecule has 4 rings (SSSR count). The lowest BCUT2D eigenvalue weighted by atomic mass is 9.82. The quantitative estimate of drug-likeness (QED) is 0.285. The Hall–Kier alpha value is -3.61. The summed E-state index contributed by atoms with van der Waals surface area (Å²) in [6.07, 6.45) is 3.57. The maximum absolute atomic E-state index is 14.3. The van der Waals surface area contributed by atoms with Gasteiger partial charge in [0.1, 0.15) is 35.1 Å². The Morgan fingerprint density at radius 2 is 1.85 bits per heavy atom. The predicted molar refractivity (Wildman–Crippen MR) is 207 cm³/mol. The van der Waals surface area contributed by atoms with E-state index in [1.165, 1.54) is 24.0 Å². The number of benzene rings is 1. The summed E-state index contributed by atoms with van der Waals surface area (Å²) in [5.41, 5.74) is -0.966. The first-order valence-corrected chi connectivity index (χ1v) is 19.1. The molecule has 0 radical (unpaired) electrons. The number of methoxy groups -OCH3 is 2. The first-order valence-electron chi connectivity index (χ1n) is 18.8. The molecule has 1 saturated heterocycles. The number of alkyl carbamates (subject to hydrolysis) is 1. The number of carbonyl (C=O) groups excluding carboxylic acids is 4. The van der Waals surface area contributed by atoms with Crippen molar-refractivity contribution in [2.24, 2.45) is 28.6 Å². The van der Waals surface area contributed by atoms with E-state index >= 15 is 0 Å². The Morgan fingerprint density at radius 3 is 2.46 bits per heavy atom. The summed E-state index contributed by atoms with van der Waals surface area (Å²) in [4.78, 5) is 57.6. The minimum atomic E-state index is -1.77. The Balaban J connectivity index is 1.76. The molecule has 1 aromatic carbocycles. The largest absolute Gasteiger partial charge is 0.495 e. The first kappa shape index (κ1) is 43.1. The lowest BCUT2D eigenvalue weighted by molar-refractivity contribution is -0.165. The number of esters is 1. The van der Waals surface area contributed by atoms with Gasteiger partial charge in [0.25, 0.3) is 0 Å². The van der Waals surface area contributed by atoms with Crippen molar-refractivity contribution in [1.29, 1.82) is 0 Å². The first-order chi connectivity index (χ1) is 25.1. The van der Waals surface area contributed by atoms with Crippen molar-refractivity contribution < 1.29 is 43.2 Å². The fraction of sp³-hybridized carbons (Fsp3) is 0.659. The van der Waals surface area contributed by atoms with Crippen LogP contribution in [0.4, 0.5) is 10.5 Å². The van der Waals surface area contributed by atoms with Gasteiger partial charge in [-0.2, -0.15) is 0 Å². The van der Waals surface area contributed by atoms with Gasteiger partial charge in [0.05, 0.1) is 19.2 Å². The molecule has 2 heterocycles. The second-order valence-corrected chi connectivity index (χ2v) is 17.3. The maximum Gasteiger partial charge on any atom is 0.409 e. The van der Waals surface area contributed by atoms with Crippen molar-refractivity contribution in [3.63, 3.8) is 0 Å². The van der Waals surface area contributed by atoms with Crippen LogP contribution in [0.1, 0.15) is 86.6 Å². The average Bonchev–Trinajstić information content (AvgIpc) is 3.79. The molecule has 12 nitrogen and oxygen atoms in total. The SMILES string of the molecule is COc1cc2cc(c1Cl)N(C)C(=O)C[C@H](OC(=O)[C@H](C)N(C)C(=O)C(C)(C)CC(C)C)[C@@]1(C)C[C@H]1[C@H](C)[C@@H]1C[C@@](O)(NC(=O)O1)[C@H](OC)/C=C/C=C(\C)C2. The molecule has 2 fully saturated rings. The van der Waals surface area contributed by atoms with Gasteiger partial charge in [-0.15, -0.1) is 0 Å². The van der Waals surface area contributed by atoms with Crippen LogP contribution < -0.4 is 15.0 Å². The van der Waals surface area contributed by atoms with Crippen LogP contribution in [-0.4, -0.2) is 92.3 Å². The molecular formula is C41H60ClN3O9. The Morgan fingerprint density at radius 1 is 1.19 bits per heavy atom. The number of hydrogen-bond donors (Lipinski definition) is 2. The van der Waals surface area contributed by atoms with Gasteiger partial charge in [0.15, 0.2) is 5.72 Å². The van der Waals surface area contributed by atoms with Crippen molar-refractivity contribution in [3.05, 3.63) is 46.5 Å². The van der Waals surface area contributed by atoms with Gasteiger partial charge in [0, 0.05) is 38.5 Å². The number of ether oxygens (including phenoxy) is 4. The number of amides is 3.